The van der Waals surface area contributed by atoms with E-state index in [0.717, 1.165) is 25.2 Å². The second kappa shape index (κ2) is 10.6. The first-order chi connectivity index (χ1) is 14.8. The van der Waals surface area contributed by atoms with Gasteiger partial charge in [-0.2, -0.15) is 4.72 Å². The SMILES string of the molecule is C[C@@H](NS(=O)(=O)c1cc(Cl)ccc1Cl)C(=O)N1CCN(C/C=C/c2ccccc2)CC1. The molecule has 3 rings (SSSR count). The predicted octanol–water partition coefficient (Wildman–Crippen LogP) is 3.52. The van der Waals surface area contributed by atoms with Crippen LogP contribution >= 0.6 is 23.2 Å². The quantitative estimate of drug-likeness (QED) is 0.656. The van der Waals surface area contributed by atoms with E-state index >= 15 is 0 Å². The fourth-order valence-electron chi connectivity index (χ4n) is 3.36. The van der Waals surface area contributed by atoms with Gasteiger partial charge in [-0.3, -0.25) is 9.69 Å². The zero-order valence-electron chi connectivity index (χ0n) is 17.2. The Morgan fingerprint density at radius 1 is 1.10 bits per heavy atom. The molecular formula is C22H25Cl2N3O3S. The molecule has 0 radical (unpaired) electrons. The number of carbonyl (C=O) groups is 1. The molecule has 0 saturated carbocycles. The minimum Gasteiger partial charge on any atom is -0.339 e. The van der Waals surface area contributed by atoms with Crippen molar-refractivity contribution < 1.29 is 13.2 Å². The molecule has 166 valence electrons. The van der Waals surface area contributed by atoms with Crippen LogP contribution in [0.5, 0.6) is 0 Å². The summed E-state index contributed by atoms with van der Waals surface area (Å²) in [5, 5.41) is 0.301. The number of amides is 1. The van der Waals surface area contributed by atoms with Crippen molar-refractivity contribution in [2.45, 2.75) is 17.9 Å². The summed E-state index contributed by atoms with van der Waals surface area (Å²) in [6.45, 7) is 4.87. The lowest BCUT2D eigenvalue weighted by Gasteiger charge is -2.35. The number of hydrogen-bond donors (Lipinski definition) is 1. The molecular weight excluding hydrogens is 457 g/mol. The maximum atomic E-state index is 12.8. The summed E-state index contributed by atoms with van der Waals surface area (Å²) in [6.07, 6.45) is 4.19. The molecule has 1 aliphatic heterocycles. The van der Waals surface area contributed by atoms with Gasteiger partial charge in [0.15, 0.2) is 0 Å². The summed E-state index contributed by atoms with van der Waals surface area (Å²) in [5.41, 5.74) is 1.15. The number of piperazine rings is 1. The highest BCUT2D eigenvalue weighted by Gasteiger charge is 2.29. The Morgan fingerprint density at radius 3 is 2.45 bits per heavy atom. The molecule has 6 nitrogen and oxygen atoms in total. The van der Waals surface area contributed by atoms with Gasteiger partial charge in [0.2, 0.25) is 15.9 Å². The molecule has 2 aromatic carbocycles. The van der Waals surface area contributed by atoms with Crippen molar-refractivity contribution in [2.24, 2.45) is 0 Å². The van der Waals surface area contributed by atoms with Crippen LogP contribution in [0.3, 0.4) is 0 Å². The zero-order valence-corrected chi connectivity index (χ0v) is 19.5. The van der Waals surface area contributed by atoms with Crippen molar-refractivity contribution in [1.82, 2.24) is 14.5 Å². The van der Waals surface area contributed by atoms with Gasteiger partial charge in [-0.05, 0) is 30.7 Å². The average Bonchev–Trinajstić information content (AvgIpc) is 2.76. The molecule has 2 aromatic rings. The third kappa shape index (κ3) is 6.54. The van der Waals surface area contributed by atoms with Crippen LogP contribution in [0, 0.1) is 0 Å². The number of benzene rings is 2. The van der Waals surface area contributed by atoms with Crippen molar-refractivity contribution in [3.63, 3.8) is 0 Å². The number of hydrogen-bond acceptors (Lipinski definition) is 4. The van der Waals surface area contributed by atoms with Crippen molar-refractivity contribution >= 4 is 45.2 Å². The summed E-state index contributed by atoms with van der Waals surface area (Å²) >= 11 is 11.9. The molecule has 0 aliphatic carbocycles. The van der Waals surface area contributed by atoms with E-state index in [1.54, 1.807) is 4.90 Å². The Bertz CT molecular complexity index is 1040. The molecule has 1 N–H and O–H groups in total. The number of halogens is 2. The maximum Gasteiger partial charge on any atom is 0.242 e. The average molecular weight is 482 g/mol. The van der Waals surface area contributed by atoms with Crippen molar-refractivity contribution in [3.8, 4) is 0 Å². The molecule has 1 atom stereocenters. The highest BCUT2D eigenvalue weighted by atomic mass is 35.5. The van der Waals surface area contributed by atoms with E-state index in [1.807, 2.05) is 30.3 Å². The van der Waals surface area contributed by atoms with E-state index < -0.39 is 16.1 Å². The van der Waals surface area contributed by atoms with Gasteiger partial charge in [0.05, 0.1) is 11.1 Å². The molecule has 1 fully saturated rings. The molecule has 1 heterocycles. The van der Waals surface area contributed by atoms with Crippen LogP contribution in [-0.2, 0) is 14.8 Å². The van der Waals surface area contributed by atoms with Crippen LogP contribution in [0.4, 0.5) is 0 Å². The van der Waals surface area contributed by atoms with E-state index in [2.05, 4.69) is 21.8 Å². The molecule has 0 aromatic heterocycles. The third-order valence-electron chi connectivity index (χ3n) is 5.04. The van der Waals surface area contributed by atoms with E-state index in [1.165, 1.54) is 25.1 Å². The second-order valence-electron chi connectivity index (χ2n) is 7.36. The van der Waals surface area contributed by atoms with Crippen LogP contribution < -0.4 is 4.72 Å². The minimum atomic E-state index is -3.98. The van der Waals surface area contributed by atoms with E-state index in [9.17, 15) is 13.2 Å². The Labute approximate surface area is 193 Å². The molecule has 0 bridgehead atoms. The molecule has 1 saturated heterocycles. The van der Waals surface area contributed by atoms with E-state index in [0.29, 0.717) is 13.1 Å². The number of nitrogens with zero attached hydrogens (tertiary/aromatic N) is 2. The first kappa shape index (κ1) is 23.8. The zero-order chi connectivity index (χ0) is 22.4. The van der Waals surface area contributed by atoms with Gasteiger partial charge in [0.25, 0.3) is 0 Å². The van der Waals surface area contributed by atoms with Crippen LogP contribution in [0.15, 0.2) is 59.5 Å². The molecule has 0 spiro atoms. The Hall–Kier alpha value is -1.90. The summed E-state index contributed by atoms with van der Waals surface area (Å²) in [6, 6.07) is 13.4. The van der Waals surface area contributed by atoms with E-state index in [-0.39, 0.29) is 20.8 Å². The van der Waals surface area contributed by atoms with Crippen molar-refractivity contribution in [1.29, 1.82) is 0 Å². The lowest BCUT2D eigenvalue weighted by Crippen LogP contribution is -2.54. The fourth-order valence-corrected chi connectivity index (χ4v) is 5.32. The predicted molar refractivity (Wildman–Crippen MR) is 125 cm³/mol. The summed E-state index contributed by atoms with van der Waals surface area (Å²) in [5.74, 6) is -0.263. The first-order valence-corrected chi connectivity index (χ1v) is 12.2. The highest BCUT2D eigenvalue weighted by molar-refractivity contribution is 7.89. The number of sulfonamides is 1. The van der Waals surface area contributed by atoms with Gasteiger partial charge in [0, 0.05) is 37.7 Å². The van der Waals surface area contributed by atoms with Gasteiger partial charge in [0.1, 0.15) is 4.90 Å². The van der Waals surface area contributed by atoms with E-state index in [4.69, 9.17) is 23.2 Å². The lowest BCUT2D eigenvalue weighted by atomic mass is 10.2. The van der Waals surface area contributed by atoms with Crippen LogP contribution in [-0.4, -0.2) is 62.9 Å². The van der Waals surface area contributed by atoms with Crippen LogP contribution in [0.25, 0.3) is 6.08 Å². The number of rotatable bonds is 7. The van der Waals surface area contributed by atoms with Gasteiger partial charge < -0.3 is 4.90 Å². The normalized spacial score (nSPS) is 16.5. The largest absolute Gasteiger partial charge is 0.339 e. The fraction of sp³-hybridized carbons (Fsp3) is 0.318. The second-order valence-corrected chi connectivity index (χ2v) is 9.88. The summed E-state index contributed by atoms with van der Waals surface area (Å²) < 4.78 is 27.7. The maximum absolute atomic E-state index is 12.8. The minimum absolute atomic E-state index is 0.0497. The smallest absolute Gasteiger partial charge is 0.242 e. The van der Waals surface area contributed by atoms with Crippen molar-refractivity contribution in [2.75, 3.05) is 32.7 Å². The standard InChI is InChI=1S/C22H25Cl2N3O3S/c1-17(25-31(29,30)21-16-19(23)9-10-20(21)24)22(28)27-14-12-26(13-15-27)11-5-8-18-6-3-2-4-7-18/h2-10,16-17,25H,11-15H2,1H3/b8-5+/t17-/m1/s1. The molecule has 31 heavy (non-hydrogen) atoms. The van der Waals surface area contributed by atoms with Crippen LogP contribution in [0.2, 0.25) is 10.0 Å². The lowest BCUT2D eigenvalue weighted by molar-refractivity contribution is -0.134. The Balaban J connectivity index is 1.52. The van der Waals surface area contributed by atoms with Gasteiger partial charge in [-0.15, -0.1) is 0 Å². The molecule has 9 heteroatoms. The molecule has 1 aliphatic rings. The highest BCUT2D eigenvalue weighted by Crippen LogP contribution is 2.25. The van der Waals surface area contributed by atoms with Crippen LogP contribution in [0.1, 0.15) is 12.5 Å². The summed E-state index contributed by atoms with van der Waals surface area (Å²) in [7, 11) is -3.98. The molecule has 1 amide bonds. The third-order valence-corrected chi connectivity index (χ3v) is 7.30. The first-order valence-electron chi connectivity index (χ1n) is 9.96. The Morgan fingerprint density at radius 2 is 1.77 bits per heavy atom. The van der Waals surface area contributed by atoms with Gasteiger partial charge in [-0.1, -0.05) is 65.7 Å². The van der Waals surface area contributed by atoms with Gasteiger partial charge in [-0.25, -0.2) is 8.42 Å². The Kier molecular flexibility index (Phi) is 8.13. The van der Waals surface area contributed by atoms with Gasteiger partial charge >= 0.3 is 0 Å². The summed E-state index contributed by atoms with van der Waals surface area (Å²) in [4.78, 5) is 16.6. The number of carbonyl (C=O) groups excluding carboxylic acids is 1. The van der Waals surface area contributed by atoms with Crippen molar-refractivity contribution in [3.05, 3.63) is 70.2 Å². The topological polar surface area (TPSA) is 69.7 Å². The molecule has 0 unspecified atom stereocenters. The monoisotopic (exact) mass is 481 g/mol. The number of nitrogens with one attached hydrogen (secondary N) is 1.